The van der Waals surface area contributed by atoms with Gasteiger partial charge in [-0.1, -0.05) is 74.1 Å². The second-order valence-corrected chi connectivity index (χ2v) is 9.21. The fraction of sp³-hybridized carbons (Fsp3) is 0.375. The molecular formula is C24H28N4OS. The zero-order valence-corrected chi connectivity index (χ0v) is 18.4. The topological polar surface area (TPSA) is 51.0 Å². The van der Waals surface area contributed by atoms with Crippen LogP contribution in [0, 0.1) is 11.8 Å². The summed E-state index contributed by atoms with van der Waals surface area (Å²) >= 11 is 1.48. The van der Waals surface area contributed by atoms with E-state index in [2.05, 4.69) is 52.9 Å². The van der Waals surface area contributed by atoms with Crippen LogP contribution in [0.2, 0.25) is 0 Å². The number of para-hydroxylation sites is 1. The molecule has 1 aromatic heterocycles. The first-order valence-electron chi connectivity index (χ1n) is 10.5. The molecule has 2 heterocycles. The van der Waals surface area contributed by atoms with Crippen molar-refractivity contribution in [1.82, 2.24) is 19.7 Å². The third-order valence-electron chi connectivity index (χ3n) is 5.47. The van der Waals surface area contributed by atoms with Crippen LogP contribution in [0.15, 0.2) is 65.8 Å². The summed E-state index contributed by atoms with van der Waals surface area (Å²) in [5, 5.41) is 9.67. The molecule has 6 heteroatoms. The Labute approximate surface area is 182 Å². The fourth-order valence-corrected chi connectivity index (χ4v) is 5.08. The minimum absolute atomic E-state index is 0.186. The Morgan fingerprint density at radius 1 is 0.967 bits per heavy atom. The smallest absolute Gasteiger partial charge is 0.233 e. The monoisotopic (exact) mass is 420 g/mol. The van der Waals surface area contributed by atoms with E-state index in [9.17, 15) is 4.79 Å². The van der Waals surface area contributed by atoms with Gasteiger partial charge < -0.3 is 4.90 Å². The van der Waals surface area contributed by atoms with Crippen LogP contribution in [-0.4, -0.2) is 44.4 Å². The van der Waals surface area contributed by atoms with Crippen molar-refractivity contribution >= 4 is 17.7 Å². The number of likely N-dealkylation sites (tertiary alicyclic amines) is 1. The minimum atomic E-state index is 0.186. The highest BCUT2D eigenvalue weighted by Gasteiger charge is 2.26. The molecule has 0 bridgehead atoms. The number of amides is 1. The van der Waals surface area contributed by atoms with Crippen LogP contribution in [0.3, 0.4) is 0 Å². The summed E-state index contributed by atoms with van der Waals surface area (Å²) < 4.78 is 2.08. The Morgan fingerprint density at radius 3 is 2.27 bits per heavy atom. The van der Waals surface area contributed by atoms with Gasteiger partial charge in [0, 0.05) is 25.2 Å². The predicted molar refractivity (Wildman–Crippen MR) is 121 cm³/mol. The van der Waals surface area contributed by atoms with E-state index in [1.807, 2.05) is 41.3 Å². The molecule has 0 spiro atoms. The molecule has 4 rings (SSSR count). The van der Waals surface area contributed by atoms with Crippen LogP contribution in [-0.2, 0) is 11.2 Å². The number of hydrogen-bond acceptors (Lipinski definition) is 4. The summed E-state index contributed by atoms with van der Waals surface area (Å²) in [5.41, 5.74) is 2.20. The second kappa shape index (κ2) is 9.47. The fourth-order valence-electron chi connectivity index (χ4n) is 4.21. The van der Waals surface area contributed by atoms with Crippen molar-refractivity contribution in [3.8, 4) is 5.69 Å². The molecule has 2 unspecified atom stereocenters. The minimum Gasteiger partial charge on any atom is -0.341 e. The molecular weight excluding hydrogens is 392 g/mol. The van der Waals surface area contributed by atoms with Crippen LogP contribution < -0.4 is 0 Å². The second-order valence-electron chi connectivity index (χ2n) is 8.27. The van der Waals surface area contributed by atoms with Gasteiger partial charge in [-0.3, -0.25) is 9.36 Å². The number of carbonyl (C=O) groups is 1. The van der Waals surface area contributed by atoms with Crippen LogP contribution in [0.25, 0.3) is 5.69 Å². The van der Waals surface area contributed by atoms with Crippen molar-refractivity contribution in [2.45, 2.75) is 31.8 Å². The van der Waals surface area contributed by atoms with Crippen molar-refractivity contribution in [2.75, 3.05) is 18.8 Å². The molecule has 0 N–H and O–H groups in total. The molecule has 2 atom stereocenters. The average molecular weight is 421 g/mol. The van der Waals surface area contributed by atoms with Gasteiger partial charge in [-0.05, 0) is 36.0 Å². The molecule has 1 amide bonds. The largest absolute Gasteiger partial charge is 0.341 e. The Kier molecular flexibility index (Phi) is 6.53. The van der Waals surface area contributed by atoms with Gasteiger partial charge in [0.05, 0.1) is 5.75 Å². The average Bonchev–Trinajstić information content (AvgIpc) is 3.15. The molecule has 3 aromatic rings. The highest BCUT2D eigenvalue weighted by atomic mass is 32.2. The lowest BCUT2D eigenvalue weighted by molar-refractivity contribution is -0.130. The summed E-state index contributed by atoms with van der Waals surface area (Å²) in [4.78, 5) is 14.9. The van der Waals surface area contributed by atoms with E-state index < -0.39 is 0 Å². The Balaban J connectivity index is 1.53. The van der Waals surface area contributed by atoms with Crippen LogP contribution in [0.5, 0.6) is 0 Å². The number of thioether (sulfide) groups is 1. The lowest BCUT2D eigenvalue weighted by atomic mass is 9.92. The van der Waals surface area contributed by atoms with Gasteiger partial charge in [0.25, 0.3) is 0 Å². The van der Waals surface area contributed by atoms with Crippen LogP contribution in [0.1, 0.15) is 31.7 Å². The zero-order valence-electron chi connectivity index (χ0n) is 17.6. The molecule has 156 valence electrons. The zero-order chi connectivity index (χ0) is 20.9. The normalized spacial score (nSPS) is 19.1. The maximum Gasteiger partial charge on any atom is 0.233 e. The van der Waals surface area contributed by atoms with E-state index in [-0.39, 0.29) is 5.91 Å². The number of carbonyl (C=O) groups excluding carboxylic acids is 1. The highest BCUT2D eigenvalue weighted by Crippen LogP contribution is 2.26. The van der Waals surface area contributed by atoms with Crippen molar-refractivity contribution in [2.24, 2.45) is 11.8 Å². The number of benzene rings is 2. The third kappa shape index (κ3) is 4.93. The maximum atomic E-state index is 12.9. The number of hydrogen-bond donors (Lipinski definition) is 0. The van der Waals surface area contributed by atoms with Gasteiger partial charge in [-0.2, -0.15) is 0 Å². The summed E-state index contributed by atoms with van der Waals surface area (Å²) in [6, 6.07) is 20.4. The molecule has 1 fully saturated rings. The van der Waals surface area contributed by atoms with E-state index in [1.54, 1.807) is 0 Å². The standard InChI is InChI=1S/C24H28N4OS/c1-18-13-19(2)16-27(15-18)23(29)17-30-24-26-25-22(14-20-9-5-3-6-10-20)28(24)21-11-7-4-8-12-21/h3-12,18-19H,13-17H2,1-2H3. The number of piperidine rings is 1. The lowest BCUT2D eigenvalue weighted by Gasteiger charge is -2.34. The molecule has 1 aliphatic heterocycles. The molecule has 1 aliphatic rings. The molecule has 0 radical (unpaired) electrons. The van der Waals surface area contributed by atoms with Crippen molar-refractivity contribution in [1.29, 1.82) is 0 Å². The van der Waals surface area contributed by atoms with Crippen molar-refractivity contribution in [3.63, 3.8) is 0 Å². The van der Waals surface area contributed by atoms with E-state index in [1.165, 1.54) is 23.7 Å². The van der Waals surface area contributed by atoms with Gasteiger partial charge >= 0.3 is 0 Å². The van der Waals surface area contributed by atoms with Gasteiger partial charge in [-0.15, -0.1) is 10.2 Å². The third-order valence-corrected chi connectivity index (χ3v) is 6.38. The van der Waals surface area contributed by atoms with Gasteiger partial charge in [0.1, 0.15) is 5.82 Å². The number of aromatic nitrogens is 3. The first-order chi connectivity index (χ1) is 14.6. The first kappa shape index (κ1) is 20.7. The summed E-state index contributed by atoms with van der Waals surface area (Å²) in [6.45, 7) is 6.17. The molecule has 0 saturated carbocycles. The lowest BCUT2D eigenvalue weighted by Crippen LogP contribution is -2.43. The van der Waals surface area contributed by atoms with Gasteiger partial charge in [0.2, 0.25) is 5.91 Å². The van der Waals surface area contributed by atoms with Crippen LogP contribution >= 0.6 is 11.8 Å². The molecule has 2 aromatic carbocycles. The van der Waals surface area contributed by atoms with Crippen LogP contribution in [0.4, 0.5) is 0 Å². The van der Waals surface area contributed by atoms with Crippen molar-refractivity contribution < 1.29 is 4.79 Å². The SMILES string of the molecule is CC1CC(C)CN(C(=O)CSc2nnc(Cc3ccccc3)n2-c2ccccc2)C1. The Hall–Kier alpha value is -2.60. The quantitative estimate of drug-likeness (QED) is 0.553. The summed E-state index contributed by atoms with van der Waals surface area (Å²) in [5.74, 6) is 2.57. The Morgan fingerprint density at radius 2 is 1.60 bits per heavy atom. The summed E-state index contributed by atoms with van der Waals surface area (Å²) in [7, 11) is 0. The Bertz CT molecular complexity index is 963. The number of rotatable bonds is 6. The van der Waals surface area contributed by atoms with E-state index in [0.29, 0.717) is 24.0 Å². The predicted octanol–water partition coefficient (Wildman–Crippen LogP) is 4.45. The van der Waals surface area contributed by atoms with E-state index in [0.717, 1.165) is 29.8 Å². The highest BCUT2D eigenvalue weighted by molar-refractivity contribution is 7.99. The maximum absolute atomic E-state index is 12.9. The summed E-state index contributed by atoms with van der Waals surface area (Å²) in [6.07, 6.45) is 1.89. The molecule has 30 heavy (non-hydrogen) atoms. The van der Waals surface area contributed by atoms with Crippen molar-refractivity contribution in [3.05, 3.63) is 72.1 Å². The van der Waals surface area contributed by atoms with E-state index in [4.69, 9.17) is 0 Å². The molecule has 1 saturated heterocycles. The van der Waals surface area contributed by atoms with Gasteiger partial charge in [0.15, 0.2) is 5.16 Å². The van der Waals surface area contributed by atoms with E-state index >= 15 is 0 Å². The molecule has 0 aliphatic carbocycles. The molecule has 5 nitrogen and oxygen atoms in total. The van der Waals surface area contributed by atoms with Gasteiger partial charge in [-0.25, -0.2) is 0 Å². The number of nitrogens with zero attached hydrogens (tertiary/aromatic N) is 4. The first-order valence-corrected chi connectivity index (χ1v) is 11.5.